The molecule has 7 heteroatoms. The van der Waals surface area contributed by atoms with E-state index < -0.39 is 12.0 Å². The Bertz CT molecular complexity index is 284. The molecule has 1 aliphatic heterocycles. The molecule has 3 atom stereocenters. The molecule has 1 aliphatic rings. The number of likely N-dealkylation sites (N-methyl/N-ethyl adjacent to an activating group) is 1. The molecule has 1 saturated heterocycles. The minimum Gasteiger partial charge on any atom is -0.480 e. The van der Waals surface area contributed by atoms with Gasteiger partial charge in [-0.25, -0.2) is 4.79 Å². The fourth-order valence-electron chi connectivity index (χ4n) is 1.76. The van der Waals surface area contributed by atoms with Crippen molar-refractivity contribution in [3.8, 4) is 0 Å². The van der Waals surface area contributed by atoms with Gasteiger partial charge in [-0.1, -0.05) is 0 Å². The molecule has 1 rings (SSSR count). The van der Waals surface area contributed by atoms with Gasteiger partial charge in [-0.05, 0) is 7.05 Å². The fourth-order valence-corrected chi connectivity index (χ4v) is 1.76. The molecule has 0 aromatic carbocycles. The molecular weight excluding hydrogens is 228 g/mol. The van der Waals surface area contributed by atoms with Gasteiger partial charge in [0.25, 0.3) is 0 Å². The molecule has 4 N–H and O–H groups in total. The Hall–Kier alpha value is -1.18. The van der Waals surface area contributed by atoms with E-state index in [4.69, 9.17) is 14.9 Å². The minimum absolute atomic E-state index is 0.00112. The van der Waals surface area contributed by atoms with Gasteiger partial charge in [0.2, 0.25) is 5.91 Å². The van der Waals surface area contributed by atoms with E-state index in [9.17, 15) is 9.59 Å². The van der Waals surface area contributed by atoms with Gasteiger partial charge in [0.05, 0.1) is 19.1 Å². The van der Waals surface area contributed by atoms with Gasteiger partial charge in [-0.2, -0.15) is 0 Å². The monoisotopic (exact) mass is 246 g/mol. The van der Waals surface area contributed by atoms with Crippen LogP contribution in [0.15, 0.2) is 0 Å². The van der Waals surface area contributed by atoms with E-state index >= 15 is 0 Å². The maximum Gasteiger partial charge on any atom is 0.326 e. The van der Waals surface area contributed by atoms with Crippen LogP contribution in [-0.4, -0.2) is 61.0 Å². The zero-order chi connectivity index (χ0) is 12.8. The molecule has 1 amide bonds. The summed E-state index contributed by atoms with van der Waals surface area (Å²) < 4.78 is 5.16. The molecule has 0 bridgehead atoms. The number of aliphatic hydroxyl groups is 1. The summed E-state index contributed by atoms with van der Waals surface area (Å²) in [5.74, 6) is -1.89. The Kier molecular flexibility index (Phi) is 5.33. The maximum absolute atomic E-state index is 11.8. The Morgan fingerprint density at radius 2 is 2.18 bits per heavy atom. The van der Waals surface area contributed by atoms with Crippen molar-refractivity contribution in [1.29, 1.82) is 0 Å². The standard InChI is InChI=1S/C10H18N2O5/c1-11-8-5-17-4-6(8)9(14)12-7(2-3-13)10(15)16/h6-8,11,13H,2-5H2,1H3,(H,12,14)(H,15,16). The molecule has 7 nitrogen and oxygen atoms in total. The Balaban J connectivity index is 2.54. The SMILES string of the molecule is CNC1COCC1C(=O)NC(CCO)C(=O)O. The lowest BCUT2D eigenvalue weighted by Crippen LogP contribution is -2.48. The average Bonchev–Trinajstić information content (AvgIpc) is 2.76. The molecule has 0 saturated carbocycles. The number of hydrogen-bond acceptors (Lipinski definition) is 5. The first-order valence-electron chi connectivity index (χ1n) is 5.49. The highest BCUT2D eigenvalue weighted by molar-refractivity contribution is 5.85. The first-order chi connectivity index (χ1) is 8.10. The van der Waals surface area contributed by atoms with E-state index in [1.165, 1.54) is 0 Å². The van der Waals surface area contributed by atoms with Crippen LogP contribution >= 0.6 is 0 Å². The third kappa shape index (κ3) is 3.65. The molecule has 0 aromatic rings. The zero-order valence-corrected chi connectivity index (χ0v) is 9.68. The largest absolute Gasteiger partial charge is 0.480 e. The lowest BCUT2D eigenvalue weighted by atomic mass is 10.0. The van der Waals surface area contributed by atoms with Crippen molar-refractivity contribution in [3.05, 3.63) is 0 Å². The second kappa shape index (κ2) is 6.53. The second-order valence-electron chi connectivity index (χ2n) is 3.95. The summed E-state index contributed by atoms with van der Waals surface area (Å²) in [6, 6.07) is -1.15. The minimum atomic E-state index is -1.15. The van der Waals surface area contributed by atoms with Gasteiger partial charge >= 0.3 is 5.97 Å². The van der Waals surface area contributed by atoms with E-state index in [-0.39, 0.29) is 37.5 Å². The van der Waals surface area contributed by atoms with Gasteiger partial charge in [0.15, 0.2) is 0 Å². The van der Waals surface area contributed by atoms with Crippen molar-refractivity contribution in [1.82, 2.24) is 10.6 Å². The normalized spacial score (nSPS) is 25.5. The van der Waals surface area contributed by atoms with E-state index in [0.717, 1.165) is 0 Å². The number of carbonyl (C=O) groups excluding carboxylic acids is 1. The van der Waals surface area contributed by atoms with Crippen molar-refractivity contribution in [2.45, 2.75) is 18.5 Å². The van der Waals surface area contributed by atoms with Crippen LogP contribution in [0.4, 0.5) is 0 Å². The highest BCUT2D eigenvalue weighted by atomic mass is 16.5. The van der Waals surface area contributed by atoms with Crippen molar-refractivity contribution in [2.75, 3.05) is 26.9 Å². The van der Waals surface area contributed by atoms with Crippen molar-refractivity contribution in [2.24, 2.45) is 5.92 Å². The summed E-state index contributed by atoms with van der Waals surface area (Å²) in [5, 5.41) is 22.9. The van der Waals surface area contributed by atoms with Crippen LogP contribution in [0.25, 0.3) is 0 Å². The predicted octanol–water partition coefficient (Wildman–Crippen LogP) is -1.83. The molecular formula is C10H18N2O5. The average molecular weight is 246 g/mol. The second-order valence-corrected chi connectivity index (χ2v) is 3.95. The summed E-state index contributed by atoms with van der Waals surface area (Å²) in [5.41, 5.74) is 0. The number of carboxylic acid groups (broad SMARTS) is 1. The van der Waals surface area contributed by atoms with Crippen LogP contribution in [0.5, 0.6) is 0 Å². The Labute approximate surface area is 99.1 Å². The van der Waals surface area contributed by atoms with Crippen LogP contribution in [0.2, 0.25) is 0 Å². The number of carboxylic acids is 1. The van der Waals surface area contributed by atoms with Crippen LogP contribution in [0.1, 0.15) is 6.42 Å². The fraction of sp³-hybridized carbons (Fsp3) is 0.800. The van der Waals surface area contributed by atoms with E-state index in [1.807, 2.05) is 0 Å². The number of hydrogen-bond donors (Lipinski definition) is 4. The third-order valence-corrected chi connectivity index (χ3v) is 2.82. The smallest absolute Gasteiger partial charge is 0.326 e. The molecule has 0 aromatic heterocycles. The summed E-state index contributed by atoms with van der Waals surface area (Å²) in [7, 11) is 1.72. The van der Waals surface area contributed by atoms with Crippen LogP contribution < -0.4 is 10.6 Å². The number of aliphatic carboxylic acids is 1. The number of ether oxygens (including phenoxy) is 1. The number of amides is 1. The molecule has 1 heterocycles. The van der Waals surface area contributed by atoms with E-state index in [1.54, 1.807) is 7.05 Å². The van der Waals surface area contributed by atoms with Crippen molar-refractivity contribution in [3.63, 3.8) is 0 Å². The zero-order valence-electron chi connectivity index (χ0n) is 9.68. The number of carbonyl (C=O) groups is 2. The summed E-state index contributed by atoms with van der Waals surface area (Å²) in [4.78, 5) is 22.6. The number of rotatable bonds is 6. The van der Waals surface area contributed by atoms with Gasteiger partial charge in [0.1, 0.15) is 6.04 Å². The summed E-state index contributed by atoms with van der Waals surface area (Å²) in [6.45, 7) is 0.434. The van der Waals surface area contributed by atoms with Crippen molar-refractivity contribution >= 4 is 11.9 Å². The predicted molar refractivity (Wildman–Crippen MR) is 58.4 cm³/mol. The maximum atomic E-state index is 11.8. The van der Waals surface area contributed by atoms with Gasteiger partial charge in [-0.15, -0.1) is 0 Å². The molecule has 0 spiro atoms. The quantitative estimate of drug-likeness (QED) is 0.439. The summed E-state index contributed by atoms with van der Waals surface area (Å²) in [6.07, 6.45) is -0.00112. The molecule has 17 heavy (non-hydrogen) atoms. The first kappa shape index (κ1) is 13.9. The van der Waals surface area contributed by atoms with Gasteiger partial charge < -0.3 is 25.6 Å². The highest BCUT2D eigenvalue weighted by Crippen LogP contribution is 2.13. The summed E-state index contributed by atoms with van der Waals surface area (Å²) >= 11 is 0. The molecule has 3 unspecified atom stereocenters. The Morgan fingerprint density at radius 3 is 2.71 bits per heavy atom. The van der Waals surface area contributed by atoms with Crippen LogP contribution in [0, 0.1) is 5.92 Å². The lowest BCUT2D eigenvalue weighted by molar-refractivity contribution is -0.143. The Morgan fingerprint density at radius 1 is 1.47 bits per heavy atom. The lowest BCUT2D eigenvalue weighted by Gasteiger charge is -2.19. The topological polar surface area (TPSA) is 108 Å². The van der Waals surface area contributed by atoms with E-state index in [0.29, 0.717) is 6.61 Å². The number of nitrogens with one attached hydrogen (secondary N) is 2. The third-order valence-electron chi connectivity index (χ3n) is 2.82. The first-order valence-corrected chi connectivity index (χ1v) is 5.49. The van der Waals surface area contributed by atoms with Gasteiger partial charge in [-0.3, -0.25) is 4.79 Å². The van der Waals surface area contributed by atoms with Crippen LogP contribution in [-0.2, 0) is 14.3 Å². The van der Waals surface area contributed by atoms with Crippen molar-refractivity contribution < 1.29 is 24.5 Å². The number of aliphatic hydroxyl groups excluding tert-OH is 1. The molecule has 0 aliphatic carbocycles. The van der Waals surface area contributed by atoms with E-state index in [2.05, 4.69) is 10.6 Å². The molecule has 1 fully saturated rings. The van der Waals surface area contributed by atoms with Gasteiger partial charge in [0, 0.05) is 19.1 Å². The highest BCUT2D eigenvalue weighted by Gasteiger charge is 2.34. The molecule has 0 radical (unpaired) electrons. The molecule has 98 valence electrons. The van der Waals surface area contributed by atoms with Crippen LogP contribution in [0.3, 0.4) is 0 Å².